The van der Waals surface area contributed by atoms with Gasteiger partial charge in [0.1, 0.15) is 6.04 Å². The lowest BCUT2D eigenvalue weighted by Gasteiger charge is -2.32. The standard InChI is InChI=1S/C15H26N4O3/c1-18-11(2-3-13(20)19-6-8-22-9-7-19)10-17-15(21)14-12(18)4-5-16-14/h11-12,14,16H,2-10H2,1H3,(H,17,21). The van der Waals surface area contributed by atoms with Gasteiger partial charge in [0.05, 0.1) is 13.2 Å². The lowest BCUT2D eigenvalue weighted by Crippen LogP contribution is -2.48. The zero-order valence-electron chi connectivity index (χ0n) is 13.2. The number of fused-ring (bicyclic) bond motifs is 1. The van der Waals surface area contributed by atoms with Crippen LogP contribution in [-0.4, -0.2) is 86.2 Å². The monoisotopic (exact) mass is 310 g/mol. The number of nitrogens with one attached hydrogen (secondary N) is 2. The Balaban J connectivity index is 1.55. The van der Waals surface area contributed by atoms with Crippen molar-refractivity contribution in [3.05, 3.63) is 0 Å². The van der Waals surface area contributed by atoms with Crippen molar-refractivity contribution in [1.29, 1.82) is 0 Å². The fourth-order valence-electron chi connectivity index (χ4n) is 3.71. The smallest absolute Gasteiger partial charge is 0.238 e. The molecule has 3 rings (SSSR count). The van der Waals surface area contributed by atoms with Crippen LogP contribution in [0.1, 0.15) is 19.3 Å². The summed E-state index contributed by atoms with van der Waals surface area (Å²) in [5.41, 5.74) is 0. The Kier molecular flexibility index (Phi) is 4.95. The molecule has 0 bridgehead atoms. The molecule has 0 aromatic heterocycles. The van der Waals surface area contributed by atoms with Crippen molar-refractivity contribution in [1.82, 2.24) is 20.4 Å². The van der Waals surface area contributed by atoms with Gasteiger partial charge in [-0.2, -0.15) is 0 Å². The fourth-order valence-corrected chi connectivity index (χ4v) is 3.71. The lowest BCUT2D eigenvalue weighted by atomic mass is 10.0. The predicted molar refractivity (Wildman–Crippen MR) is 81.4 cm³/mol. The summed E-state index contributed by atoms with van der Waals surface area (Å²) in [6, 6.07) is 0.361. The molecular formula is C15H26N4O3. The third-order valence-corrected chi connectivity index (χ3v) is 5.14. The van der Waals surface area contributed by atoms with Gasteiger partial charge in [0.25, 0.3) is 0 Å². The molecule has 0 aliphatic carbocycles. The van der Waals surface area contributed by atoms with Crippen LogP contribution >= 0.6 is 0 Å². The number of carbonyl (C=O) groups excluding carboxylic acids is 2. The number of nitrogens with zero attached hydrogens (tertiary/aromatic N) is 2. The maximum atomic E-state index is 12.3. The maximum Gasteiger partial charge on any atom is 0.238 e. The van der Waals surface area contributed by atoms with Crippen molar-refractivity contribution in [3.8, 4) is 0 Å². The molecule has 3 fully saturated rings. The van der Waals surface area contributed by atoms with Gasteiger partial charge in [0, 0.05) is 38.1 Å². The van der Waals surface area contributed by atoms with Gasteiger partial charge in [-0.1, -0.05) is 0 Å². The molecule has 2 amide bonds. The minimum absolute atomic E-state index is 0.0938. The first kappa shape index (κ1) is 15.7. The van der Waals surface area contributed by atoms with Crippen LogP contribution in [0.3, 0.4) is 0 Å². The predicted octanol–water partition coefficient (Wildman–Crippen LogP) is -1.21. The Morgan fingerprint density at radius 3 is 2.91 bits per heavy atom. The largest absolute Gasteiger partial charge is 0.378 e. The lowest BCUT2D eigenvalue weighted by molar-refractivity contribution is -0.135. The second-order valence-electron chi connectivity index (χ2n) is 6.38. The molecular weight excluding hydrogens is 284 g/mol. The molecule has 3 unspecified atom stereocenters. The molecule has 124 valence electrons. The van der Waals surface area contributed by atoms with Crippen LogP contribution in [0.4, 0.5) is 0 Å². The van der Waals surface area contributed by atoms with E-state index >= 15 is 0 Å². The highest BCUT2D eigenvalue weighted by molar-refractivity contribution is 5.83. The van der Waals surface area contributed by atoms with Crippen molar-refractivity contribution < 1.29 is 14.3 Å². The zero-order valence-corrected chi connectivity index (χ0v) is 13.2. The summed E-state index contributed by atoms with van der Waals surface area (Å²) in [4.78, 5) is 28.5. The molecule has 3 atom stereocenters. The van der Waals surface area contributed by atoms with E-state index in [1.165, 1.54) is 0 Å². The first-order valence-electron chi connectivity index (χ1n) is 8.25. The molecule has 2 N–H and O–H groups in total. The van der Waals surface area contributed by atoms with Gasteiger partial charge < -0.3 is 20.3 Å². The molecule has 3 heterocycles. The van der Waals surface area contributed by atoms with Crippen molar-refractivity contribution >= 4 is 11.8 Å². The van der Waals surface area contributed by atoms with Crippen LogP contribution in [0.25, 0.3) is 0 Å². The average Bonchev–Trinajstić information content (AvgIpc) is 3.00. The number of hydrogen-bond donors (Lipinski definition) is 2. The quantitative estimate of drug-likeness (QED) is 0.684. The van der Waals surface area contributed by atoms with E-state index in [0.717, 1.165) is 19.4 Å². The van der Waals surface area contributed by atoms with Crippen LogP contribution < -0.4 is 10.6 Å². The minimum Gasteiger partial charge on any atom is -0.378 e. The van der Waals surface area contributed by atoms with E-state index in [1.807, 2.05) is 4.90 Å². The molecule has 3 saturated heterocycles. The summed E-state index contributed by atoms with van der Waals surface area (Å²) in [5.74, 6) is 0.296. The highest BCUT2D eigenvalue weighted by Gasteiger charge is 2.40. The second kappa shape index (κ2) is 6.93. The maximum absolute atomic E-state index is 12.3. The Hall–Kier alpha value is -1.18. The minimum atomic E-state index is -0.107. The molecule has 7 nitrogen and oxygen atoms in total. The van der Waals surface area contributed by atoms with E-state index in [1.54, 1.807) is 0 Å². The summed E-state index contributed by atoms with van der Waals surface area (Å²) in [6.45, 7) is 4.18. The number of hydrogen-bond acceptors (Lipinski definition) is 5. The third kappa shape index (κ3) is 3.26. The molecule has 0 aromatic rings. The van der Waals surface area contributed by atoms with Crippen LogP contribution in [0, 0.1) is 0 Å². The highest BCUT2D eigenvalue weighted by atomic mass is 16.5. The number of likely N-dealkylation sites (N-methyl/N-ethyl adjacent to an activating group) is 1. The Labute approximate surface area is 131 Å². The number of rotatable bonds is 3. The fraction of sp³-hybridized carbons (Fsp3) is 0.867. The van der Waals surface area contributed by atoms with Gasteiger partial charge in [-0.3, -0.25) is 14.5 Å². The van der Waals surface area contributed by atoms with Gasteiger partial charge in [-0.15, -0.1) is 0 Å². The number of morpholine rings is 1. The van der Waals surface area contributed by atoms with Gasteiger partial charge >= 0.3 is 0 Å². The van der Waals surface area contributed by atoms with E-state index < -0.39 is 0 Å². The van der Waals surface area contributed by atoms with Crippen molar-refractivity contribution in [3.63, 3.8) is 0 Å². The Morgan fingerprint density at radius 1 is 1.36 bits per heavy atom. The molecule has 22 heavy (non-hydrogen) atoms. The third-order valence-electron chi connectivity index (χ3n) is 5.14. The first-order valence-corrected chi connectivity index (χ1v) is 8.25. The summed E-state index contributed by atoms with van der Waals surface area (Å²) in [5, 5.41) is 6.28. The Bertz CT molecular complexity index is 425. The van der Waals surface area contributed by atoms with E-state index in [4.69, 9.17) is 4.74 Å². The van der Waals surface area contributed by atoms with Crippen LogP contribution in [0.5, 0.6) is 0 Å². The molecule has 0 radical (unpaired) electrons. The summed E-state index contributed by atoms with van der Waals surface area (Å²) in [6.07, 6.45) is 2.31. The zero-order chi connectivity index (χ0) is 15.5. The van der Waals surface area contributed by atoms with E-state index in [2.05, 4.69) is 22.6 Å². The van der Waals surface area contributed by atoms with E-state index in [9.17, 15) is 9.59 Å². The van der Waals surface area contributed by atoms with Crippen LogP contribution in [0.2, 0.25) is 0 Å². The SMILES string of the molecule is CN1C(CCC(=O)N2CCOCC2)CNC(=O)C2NCCC21. The Morgan fingerprint density at radius 2 is 2.14 bits per heavy atom. The first-order chi connectivity index (χ1) is 10.7. The van der Waals surface area contributed by atoms with E-state index in [0.29, 0.717) is 39.3 Å². The summed E-state index contributed by atoms with van der Waals surface area (Å²) < 4.78 is 5.28. The van der Waals surface area contributed by atoms with Gasteiger partial charge in [0.15, 0.2) is 0 Å². The number of ether oxygens (including phenoxy) is 1. The number of amides is 2. The van der Waals surface area contributed by atoms with Crippen molar-refractivity contribution in [2.75, 3.05) is 46.4 Å². The van der Waals surface area contributed by atoms with Crippen molar-refractivity contribution in [2.45, 2.75) is 37.4 Å². The van der Waals surface area contributed by atoms with Gasteiger partial charge in [-0.25, -0.2) is 0 Å². The molecule has 3 aliphatic heterocycles. The molecule has 0 saturated carbocycles. The highest BCUT2D eigenvalue weighted by Crippen LogP contribution is 2.21. The molecule has 0 spiro atoms. The normalized spacial score (nSPS) is 33.2. The van der Waals surface area contributed by atoms with Crippen LogP contribution in [0.15, 0.2) is 0 Å². The summed E-state index contributed by atoms with van der Waals surface area (Å²) >= 11 is 0. The molecule has 7 heteroatoms. The van der Waals surface area contributed by atoms with Gasteiger partial charge in [-0.05, 0) is 26.4 Å². The molecule has 3 aliphatic rings. The van der Waals surface area contributed by atoms with E-state index in [-0.39, 0.29) is 29.9 Å². The van der Waals surface area contributed by atoms with Crippen molar-refractivity contribution in [2.24, 2.45) is 0 Å². The van der Waals surface area contributed by atoms with Crippen LogP contribution in [-0.2, 0) is 14.3 Å². The topological polar surface area (TPSA) is 73.9 Å². The molecule has 0 aromatic carbocycles. The summed E-state index contributed by atoms with van der Waals surface area (Å²) in [7, 11) is 2.08. The number of carbonyl (C=O) groups is 2. The van der Waals surface area contributed by atoms with Gasteiger partial charge in [0.2, 0.25) is 11.8 Å². The average molecular weight is 310 g/mol. The second-order valence-corrected chi connectivity index (χ2v) is 6.38.